The quantitative estimate of drug-likeness (QED) is 0.174. The molecule has 0 saturated heterocycles. The molecule has 0 amide bonds. The molecular weight excluding hydrogens is 543 g/mol. The number of nitrogens with one attached hydrogen (secondary N) is 1. The number of hydrogen-bond donors (Lipinski definition) is 1. The minimum absolute atomic E-state index is 0.930. The molecule has 5 aromatic carbocycles. The highest BCUT2D eigenvalue weighted by molar-refractivity contribution is 7.22. The van der Waals surface area contributed by atoms with E-state index in [-0.39, 0.29) is 0 Å². The number of thiazole rings is 1. The Labute approximate surface area is 255 Å². The third-order valence-corrected chi connectivity index (χ3v) is 8.81. The molecule has 7 rings (SSSR count). The Balaban J connectivity index is 1.14. The Morgan fingerprint density at radius 3 is 2.19 bits per heavy atom. The molecule has 0 radical (unpaired) electrons. The first-order chi connectivity index (χ1) is 21.3. The highest BCUT2D eigenvalue weighted by Crippen LogP contribution is 2.38. The Bertz CT molecular complexity index is 2050. The molecule has 43 heavy (non-hydrogen) atoms. The zero-order valence-corrected chi connectivity index (χ0v) is 24.6. The highest BCUT2D eigenvalue weighted by atomic mass is 32.1. The van der Waals surface area contributed by atoms with Crippen molar-refractivity contribution in [1.29, 1.82) is 0 Å². The molecule has 2 heterocycles. The van der Waals surface area contributed by atoms with Crippen molar-refractivity contribution in [1.82, 2.24) is 9.97 Å². The van der Waals surface area contributed by atoms with Gasteiger partial charge in [-0.3, -0.25) is 0 Å². The maximum Gasteiger partial charge on any atom is 0.124 e. The largest absolute Gasteiger partial charge is 0.353 e. The molecule has 3 nitrogen and oxygen atoms in total. The van der Waals surface area contributed by atoms with Gasteiger partial charge in [0, 0.05) is 38.9 Å². The van der Waals surface area contributed by atoms with Crippen LogP contribution in [0.25, 0.3) is 42.6 Å². The number of anilines is 2. The van der Waals surface area contributed by atoms with Crippen molar-refractivity contribution in [2.24, 2.45) is 0 Å². The number of allylic oxidation sites excluding steroid dienone is 4. The number of aryl methyl sites for hydroxylation is 1. The van der Waals surface area contributed by atoms with Crippen LogP contribution in [0.4, 0.5) is 11.4 Å². The molecule has 0 atom stereocenters. The fourth-order valence-electron chi connectivity index (χ4n) is 5.64. The second-order valence-corrected chi connectivity index (χ2v) is 11.5. The average molecular weight is 574 g/mol. The van der Waals surface area contributed by atoms with Gasteiger partial charge in [-0.1, -0.05) is 91.5 Å². The number of fused-ring (bicyclic) bond motifs is 5. The monoisotopic (exact) mass is 573 g/mol. The van der Waals surface area contributed by atoms with Crippen LogP contribution in [0.2, 0.25) is 0 Å². The van der Waals surface area contributed by atoms with Crippen LogP contribution in [0, 0.1) is 0 Å². The third kappa shape index (κ3) is 5.41. The maximum absolute atomic E-state index is 4.93. The van der Waals surface area contributed by atoms with Gasteiger partial charge in [-0.2, -0.15) is 0 Å². The van der Waals surface area contributed by atoms with Gasteiger partial charge in [0.05, 0.1) is 15.7 Å². The van der Waals surface area contributed by atoms with E-state index in [2.05, 4.69) is 138 Å². The number of para-hydroxylation sites is 2. The predicted octanol–water partition coefficient (Wildman–Crippen LogP) is 11.0. The average Bonchev–Trinajstić information content (AvgIpc) is 3.66. The van der Waals surface area contributed by atoms with Crippen molar-refractivity contribution in [2.45, 2.75) is 12.8 Å². The van der Waals surface area contributed by atoms with Crippen LogP contribution in [0.3, 0.4) is 0 Å². The van der Waals surface area contributed by atoms with E-state index in [0.29, 0.717) is 0 Å². The third-order valence-electron chi connectivity index (χ3n) is 7.68. The first-order valence-corrected chi connectivity index (χ1v) is 15.4. The van der Waals surface area contributed by atoms with Gasteiger partial charge in [0.2, 0.25) is 0 Å². The van der Waals surface area contributed by atoms with Crippen LogP contribution in [-0.4, -0.2) is 9.97 Å². The SMILES string of the molecule is C=C/C=C(\C=C/CCc1ccc2[nH]c3c(ccc4nc(-c5ccccc5)sc43)c2c1)N(c1ccccc1)c1ccccc1. The van der Waals surface area contributed by atoms with Crippen molar-refractivity contribution < 1.29 is 0 Å². The summed E-state index contributed by atoms with van der Waals surface area (Å²) >= 11 is 1.75. The van der Waals surface area contributed by atoms with E-state index < -0.39 is 0 Å². The van der Waals surface area contributed by atoms with Crippen molar-refractivity contribution in [3.05, 3.63) is 163 Å². The van der Waals surface area contributed by atoms with Crippen molar-refractivity contribution in [3.8, 4) is 10.6 Å². The molecule has 0 aliphatic rings. The van der Waals surface area contributed by atoms with Crippen LogP contribution >= 0.6 is 11.3 Å². The standard InChI is InChI=1S/C39H31N3S/c1-2-14-30(42(31-18-8-4-9-19-31)32-20-10-5-11-21-32)22-13-12-15-28-23-25-35-34(27-28)33-24-26-36-38(37(33)40-35)43-39(41-36)29-16-6-3-7-17-29/h2-11,13-14,16-27,40H,1,12,15H2/b22-13-,30-14+. The lowest BCUT2D eigenvalue weighted by Gasteiger charge is -2.26. The van der Waals surface area contributed by atoms with E-state index >= 15 is 0 Å². The van der Waals surface area contributed by atoms with E-state index in [9.17, 15) is 0 Å². The number of rotatable bonds is 9. The first-order valence-electron chi connectivity index (χ1n) is 14.6. The highest BCUT2D eigenvalue weighted by Gasteiger charge is 2.14. The Hall–Kier alpha value is -5.19. The van der Waals surface area contributed by atoms with E-state index in [1.54, 1.807) is 11.3 Å². The molecule has 7 aromatic rings. The summed E-state index contributed by atoms with van der Waals surface area (Å²) < 4.78 is 1.21. The van der Waals surface area contributed by atoms with Gasteiger partial charge in [-0.25, -0.2) is 4.98 Å². The molecule has 2 aromatic heterocycles. The normalized spacial score (nSPS) is 12.0. The number of H-pyrrole nitrogens is 1. The van der Waals surface area contributed by atoms with Crippen LogP contribution in [-0.2, 0) is 6.42 Å². The van der Waals surface area contributed by atoms with Crippen LogP contribution < -0.4 is 4.90 Å². The van der Waals surface area contributed by atoms with Crippen LogP contribution in [0.15, 0.2) is 158 Å². The van der Waals surface area contributed by atoms with E-state index in [1.807, 2.05) is 24.3 Å². The molecule has 0 spiro atoms. The smallest absolute Gasteiger partial charge is 0.124 e. The zero-order chi connectivity index (χ0) is 29.0. The topological polar surface area (TPSA) is 31.9 Å². The molecule has 0 aliphatic carbocycles. The number of aromatic amines is 1. The summed E-state index contributed by atoms with van der Waals surface area (Å²) in [5.41, 5.74) is 9.15. The molecule has 0 aliphatic heterocycles. The maximum atomic E-state index is 4.93. The van der Waals surface area contributed by atoms with Crippen LogP contribution in [0.5, 0.6) is 0 Å². The molecule has 0 unspecified atom stereocenters. The minimum atomic E-state index is 0.930. The first kappa shape index (κ1) is 26.7. The number of benzene rings is 5. The van der Waals surface area contributed by atoms with Gasteiger partial charge in [0.25, 0.3) is 0 Å². The summed E-state index contributed by atoms with van der Waals surface area (Å²) in [6.45, 7) is 3.99. The lowest BCUT2D eigenvalue weighted by molar-refractivity contribution is 1.00. The lowest BCUT2D eigenvalue weighted by atomic mass is 10.0. The Morgan fingerprint density at radius 2 is 1.49 bits per heavy atom. The van der Waals surface area contributed by atoms with Gasteiger partial charge < -0.3 is 9.88 Å². The Morgan fingerprint density at radius 1 is 0.791 bits per heavy atom. The molecule has 1 N–H and O–H groups in total. The molecule has 4 heteroatoms. The fraction of sp³-hybridized carbons (Fsp3) is 0.0513. The molecule has 0 saturated carbocycles. The number of aromatic nitrogens is 2. The number of nitrogens with zero attached hydrogens (tertiary/aromatic N) is 2. The molecule has 0 fully saturated rings. The van der Waals surface area contributed by atoms with Gasteiger partial charge in [0.1, 0.15) is 5.01 Å². The second kappa shape index (κ2) is 12.0. The number of hydrogen-bond acceptors (Lipinski definition) is 3. The summed E-state index contributed by atoms with van der Waals surface area (Å²) in [7, 11) is 0. The van der Waals surface area contributed by atoms with Gasteiger partial charge in [0.15, 0.2) is 0 Å². The van der Waals surface area contributed by atoms with Crippen molar-refractivity contribution in [2.75, 3.05) is 4.90 Å². The second-order valence-electron chi connectivity index (χ2n) is 10.5. The fourth-order valence-corrected chi connectivity index (χ4v) is 6.71. The summed E-state index contributed by atoms with van der Waals surface area (Å²) in [6, 6.07) is 42.5. The molecular formula is C39H31N3S. The van der Waals surface area contributed by atoms with E-state index in [0.717, 1.165) is 51.5 Å². The molecule has 208 valence electrons. The lowest BCUT2D eigenvalue weighted by Crippen LogP contribution is -2.14. The predicted molar refractivity (Wildman–Crippen MR) is 185 cm³/mol. The van der Waals surface area contributed by atoms with Crippen molar-refractivity contribution >= 4 is 54.7 Å². The van der Waals surface area contributed by atoms with Gasteiger partial charge >= 0.3 is 0 Å². The van der Waals surface area contributed by atoms with Gasteiger partial charge in [-0.15, -0.1) is 11.3 Å². The summed E-state index contributed by atoms with van der Waals surface area (Å²) in [4.78, 5) is 10.9. The Kier molecular flexibility index (Phi) is 7.43. The summed E-state index contributed by atoms with van der Waals surface area (Å²) in [6.07, 6.45) is 10.3. The summed E-state index contributed by atoms with van der Waals surface area (Å²) in [5, 5.41) is 3.57. The zero-order valence-electron chi connectivity index (χ0n) is 23.8. The summed E-state index contributed by atoms with van der Waals surface area (Å²) in [5.74, 6) is 0. The van der Waals surface area contributed by atoms with Gasteiger partial charge in [-0.05, 0) is 79.1 Å². The van der Waals surface area contributed by atoms with Crippen LogP contribution in [0.1, 0.15) is 12.0 Å². The minimum Gasteiger partial charge on any atom is -0.353 e. The molecule has 0 bridgehead atoms. The van der Waals surface area contributed by atoms with E-state index in [1.165, 1.54) is 26.6 Å². The van der Waals surface area contributed by atoms with E-state index in [4.69, 9.17) is 4.98 Å². The van der Waals surface area contributed by atoms with Crippen molar-refractivity contribution in [3.63, 3.8) is 0 Å².